The second-order valence-corrected chi connectivity index (χ2v) is 4.66. The lowest BCUT2D eigenvalue weighted by Gasteiger charge is -2.27. The molecule has 1 rings (SSSR count). The molecule has 0 aliphatic rings. The summed E-state index contributed by atoms with van der Waals surface area (Å²) in [4.78, 5) is 0. The number of nitrogens with two attached hydrogens (primary N) is 1. The van der Waals surface area contributed by atoms with Crippen LogP contribution in [0.2, 0.25) is 0 Å². The molecule has 0 radical (unpaired) electrons. The lowest BCUT2D eigenvalue weighted by atomic mass is 9.84. The van der Waals surface area contributed by atoms with E-state index in [4.69, 9.17) is 5.73 Å². The van der Waals surface area contributed by atoms with Gasteiger partial charge in [0.2, 0.25) is 0 Å². The van der Waals surface area contributed by atoms with Gasteiger partial charge in [-0.25, -0.2) is 0 Å². The summed E-state index contributed by atoms with van der Waals surface area (Å²) in [6.45, 7) is 5.62. The third kappa shape index (κ3) is 2.98. The third-order valence-corrected chi connectivity index (χ3v) is 2.85. The van der Waals surface area contributed by atoms with Crippen molar-refractivity contribution in [3.63, 3.8) is 0 Å². The molecule has 2 N–H and O–H groups in total. The van der Waals surface area contributed by atoms with Crippen molar-refractivity contribution >= 4 is 0 Å². The van der Waals surface area contributed by atoms with Crippen LogP contribution in [0.15, 0.2) is 24.3 Å². The van der Waals surface area contributed by atoms with E-state index < -0.39 is 17.3 Å². The summed E-state index contributed by atoms with van der Waals surface area (Å²) in [6.07, 6.45) is -4.28. The minimum Gasteiger partial charge on any atom is -0.325 e. The van der Waals surface area contributed by atoms with Crippen LogP contribution in [0.4, 0.5) is 13.2 Å². The van der Waals surface area contributed by atoms with Gasteiger partial charge in [0.15, 0.2) is 0 Å². The summed E-state index contributed by atoms with van der Waals surface area (Å²) in [5.41, 5.74) is 5.66. The fourth-order valence-electron chi connectivity index (χ4n) is 1.39. The Labute approximate surface area is 93.5 Å². The Kier molecular flexibility index (Phi) is 3.33. The zero-order chi connectivity index (χ0) is 12.6. The van der Waals surface area contributed by atoms with E-state index in [9.17, 15) is 13.2 Å². The smallest absolute Gasteiger partial charge is 0.325 e. The molecule has 1 aromatic rings. The summed E-state index contributed by atoms with van der Waals surface area (Å²) in [5, 5.41) is 0. The zero-order valence-electron chi connectivity index (χ0n) is 9.60. The molecule has 4 heteroatoms. The maximum Gasteiger partial charge on any atom is 0.416 e. The standard InChI is InChI=1S/C12H16F3N/c1-8(11(2,3)16)9-4-6-10(7-5-9)12(13,14)15/h4-8H,16H2,1-3H3. The zero-order valence-corrected chi connectivity index (χ0v) is 9.60. The molecule has 90 valence electrons. The van der Waals surface area contributed by atoms with E-state index in [1.807, 2.05) is 20.8 Å². The van der Waals surface area contributed by atoms with Crippen molar-refractivity contribution in [2.24, 2.45) is 5.73 Å². The Balaban J connectivity index is 2.96. The van der Waals surface area contributed by atoms with Crippen LogP contribution in [-0.4, -0.2) is 5.54 Å². The summed E-state index contributed by atoms with van der Waals surface area (Å²) >= 11 is 0. The molecular weight excluding hydrogens is 215 g/mol. The number of hydrogen-bond acceptors (Lipinski definition) is 1. The first-order valence-electron chi connectivity index (χ1n) is 5.08. The molecule has 0 saturated carbocycles. The molecule has 1 atom stereocenters. The first kappa shape index (κ1) is 13.0. The molecule has 0 aliphatic heterocycles. The van der Waals surface area contributed by atoms with Crippen molar-refractivity contribution in [1.29, 1.82) is 0 Å². The quantitative estimate of drug-likeness (QED) is 0.827. The van der Waals surface area contributed by atoms with Gasteiger partial charge in [-0.15, -0.1) is 0 Å². The Morgan fingerprint density at radius 3 is 1.81 bits per heavy atom. The largest absolute Gasteiger partial charge is 0.416 e. The Morgan fingerprint density at radius 2 is 1.50 bits per heavy atom. The van der Waals surface area contributed by atoms with Gasteiger partial charge in [-0.1, -0.05) is 19.1 Å². The summed E-state index contributed by atoms with van der Waals surface area (Å²) in [6, 6.07) is 5.17. The molecule has 0 bridgehead atoms. The Hall–Kier alpha value is -1.03. The number of halogens is 3. The van der Waals surface area contributed by atoms with Gasteiger partial charge >= 0.3 is 6.18 Å². The lowest BCUT2D eigenvalue weighted by Crippen LogP contribution is -2.37. The number of benzene rings is 1. The van der Waals surface area contributed by atoms with Gasteiger partial charge in [0.05, 0.1) is 5.56 Å². The van der Waals surface area contributed by atoms with E-state index in [0.29, 0.717) is 0 Å². The molecule has 0 fully saturated rings. The van der Waals surface area contributed by atoms with E-state index in [2.05, 4.69) is 0 Å². The van der Waals surface area contributed by atoms with Crippen molar-refractivity contribution < 1.29 is 13.2 Å². The van der Waals surface area contributed by atoms with Crippen LogP contribution < -0.4 is 5.73 Å². The number of hydrogen-bond donors (Lipinski definition) is 1. The average Bonchev–Trinajstić information content (AvgIpc) is 2.14. The average molecular weight is 231 g/mol. The maximum absolute atomic E-state index is 12.3. The number of rotatable bonds is 2. The number of alkyl halides is 3. The SMILES string of the molecule is CC(c1ccc(C(F)(F)F)cc1)C(C)(C)N. The Bertz CT molecular complexity index is 346. The minimum atomic E-state index is -4.28. The summed E-state index contributed by atoms with van der Waals surface area (Å²) < 4.78 is 37.0. The van der Waals surface area contributed by atoms with Gasteiger partial charge in [0.1, 0.15) is 0 Å². The van der Waals surface area contributed by atoms with E-state index >= 15 is 0 Å². The van der Waals surface area contributed by atoms with Crippen molar-refractivity contribution in [3.8, 4) is 0 Å². The molecule has 1 aromatic carbocycles. The first-order valence-corrected chi connectivity index (χ1v) is 5.08. The fourth-order valence-corrected chi connectivity index (χ4v) is 1.39. The van der Waals surface area contributed by atoms with Crippen LogP contribution >= 0.6 is 0 Å². The van der Waals surface area contributed by atoms with Gasteiger partial charge in [0, 0.05) is 5.54 Å². The highest BCUT2D eigenvalue weighted by Gasteiger charge is 2.30. The van der Waals surface area contributed by atoms with Gasteiger partial charge in [0.25, 0.3) is 0 Å². The fraction of sp³-hybridized carbons (Fsp3) is 0.500. The van der Waals surface area contributed by atoms with Crippen molar-refractivity contribution in [2.75, 3.05) is 0 Å². The van der Waals surface area contributed by atoms with Crippen molar-refractivity contribution in [2.45, 2.75) is 38.4 Å². The summed E-state index contributed by atoms with van der Waals surface area (Å²) in [5.74, 6) is 0.00906. The second-order valence-electron chi connectivity index (χ2n) is 4.66. The van der Waals surface area contributed by atoms with Gasteiger partial charge < -0.3 is 5.73 Å². The van der Waals surface area contributed by atoms with Crippen LogP contribution in [0.25, 0.3) is 0 Å². The van der Waals surface area contributed by atoms with Crippen molar-refractivity contribution in [1.82, 2.24) is 0 Å². The topological polar surface area (TPSA) is 26.0 Å². The maximum atomic E-state index is 12.3. The second kappa shape index (κ2) is 4.09. The van der Waals surface area contributed by atoms with E-state index in [-0.39, 0.29) is 5.92 Å². The van der Waals surface area contributed by atoms with Crippen LogP contribution in [0.5, 0.6) is 0 Å². The van der Waals surface area contributed by atoms with Gasteiger partial charge in [-0.3, -0.25) is 0 Å². The predicted octanol–water partition coefficient (Wildman–Crippen LogP) is 3.55. The van der Waals surface area contributed by atoms with Crippen LogP contribution in [0, 0.1) is 0 Å². The van der Waals surface area contributed by atoms with Gasteiger partial charge in [-0.05, 0) is 37.5 Å². The highest BCUT2D eigenvalue weighted by Crippen LogP contribution is 2.31. The highest BCUT2D eigenvalue weighted by atomic mass is 19.4. The molecule has 1 nitrogen and oxygen atoms in total. The molecule has 0 aliphatic carbocycles. The predicted molar refractivity (Wildman–Crippen MR) is 58.1 cm³/mol. The summed E-state index contributed by atoms with van der Waals surface area (Å²) in [7, 11) is 0. The van der Waals surface area contributed by atoms with E-state index in [1.165, 1.54) is 12.1 Å². The third-order valence-electron chi connectivity index (χ3n) is 2.85. The molecule has 16 heavy (non-hydrogen) atoms. The Morgan fingerprint density at radius 1 is 1.06 bits per heavy atom. The van der Waals surface area contributed by atoms with E-state index in [0.717, 1.165) is 17.7 Å². The van der Waals surface area contributed by atoms with Crippen LogP contribution in [0.1, 0.15) is 37.8 Å². The normalized spacial score (nSPS) is 14.9. The van der Waals surface area contributed by atoms with Crippen LogP contribution in [-0.2, 0) is 6.18 Å². The van der Waals surface area contributed by atoms with E-state index in [1.54, 1.807) is 0 Å². The molecule has 0 heterocycles. The van der Waals surface area contributed by atoms with Crippen LogP contribution in [0.3, 0.4) is 0 Å². The highest BCUT2D eigenvalue weighted by molar-refractivity contribution is 5.28. The molecule has 0 saturated heterocycles. The molecular formula is C12H16F3N. The first-order chi connectivity index (χ1) is 7.12. The molecule has 0 amide bonds. The monoisotopic (exact) mass is 231 g/mol. The molecule has 1 unspecified atom stereocenters. The lowest BCUT2D eigenvalue weighted by molar-refractivity contribution is -0.137. The molecule has 0 spiro atoms. The minimum absolute atomic E-state index is 0.00906. The van der Waals surface area contributed by atoms with Crippen molar-refractivity contribution in [3.05, 3.63) is 35.4 Å². The molecule has 0 aromatic heterocycles. The van der Waals surface area contributed by atoms with Gasteiger partial charge in [-0.2, -0.15) is 13.2 Å².